The zero-order valence-corrected chi connectivity index (χ0v) is 19.5. The van der Waals surface area contributed by atoms with Gasteiger partial charge in [-0.3, -0.25) is 14.4 Å². The number of Topliss-reactive ketones (excluding diaryl/α,β-unsaturated/α-hetero) is 2. The molecule has 0 saturated carbocycles. The topological polar surface area (TPSA) is 93.1 Å². The van der Waals surface area contributed by atoms with E-state index in [0.717, 1.165) is 17.0 Å². The first kappa shape index (κ1) is 21.7. The highest BCUT2D eigenvalue weighted by molar-refractivity contribution is 6.07. The molecule has 0 atom stereocenters. The van der Waals surface area contributed by atoms with Crippen molar-refractivity contribution < 1.29 is 29.0 Å². The third-order valence-corrected chi connectivity index (χ3v) is 7.05. The Kier molecular flexibility index (Phi) is 4.75. The Hall–Kier alpha value is -3.09. The predicted molar refractivity (Wildman–Crippen MR) is 120 cm³/mol. The Morgan fingerprint density at radius 3 is 2.03 bits per heavy atom. The highest BCUT2D eigenvalue weighted by Crippen LogP contribution is 2.55. The monoisotopic (exact) mass is 451 g/mol. The summed E-state index contributed by atoms with van der Waals surface area (Å²) in [5.74, 6) is -0.328. The minimum absolute atomic E-state index is 0.0245. The van der Waals surface area contributed by atoms with Crippen LogP contribution < -0.4 is 9.47 Å². The Morgan fingerprint density at radius 2 is 1.48 bits per heavy atom. The second kappa shape index (κ2) is 7.20. The van der Waals surface area contributed by atoms with Crippen LogP contribution in [0.25, 0.3) is 0 Å². The quantitative estimate of drug-likeness (QED) is 0.737. The highest BCUT2D eigenvalue weighted by Gasteiger charge is 2.49. The third kappa shape index (κ3) is 3.63. The van der Waals surface area contributed by atoms with Crippen molar-refractivity contribution in [3.05, 3.63) is 46.3 Å². The van der Waals surface area contributed by atoms with Crippen molar-refractivity contribution in [2.45, 2.75) is 59.3 Å². The van der Waals surface area contributed by atoms with Crippen LogP contribution in [-0.4, -0.2) is 40.9 Å². The molecule has 4 aliphatic rings. The number of carbonyl (C=O) groups excluding carboxylic acids is 2. The number of hydrogen-bond acceptors (Lipinski definition) is 6. The molecule has 2 heterocycles. The molecule has 0 bridgehead atoms. The van der Waals surface area contributed by atoms with Crippen molar-refractivity contribution in [3.63, 3.8) is 0 Å². The molecular weight excluding hydrogens is 422 g/mol. The first-order valence-electron chi connectivity index (χ1n) is 11.4. The molecule has 174 valence electrons. The molecule has 1 aromatic carbocycles. The van der Waals surface area contributed by atoms with Crippen LogP contribution in [0.2, 0.25) is 0 Å². The fourth-order valence-corrected chi connectivity index (χ4v) is 5.80. The van der Waals surface area contributed by atoms with E-state index in [1.54, 1.807) is 4.90 Å². The van der Waals surface area contributed by atoms with Gasteiger partial charge in [-0.2, -0.15) is 0 Å². The molecule has 2 aliphatic carbocycles. The van der Waals surface area contributed by atoms with Crippen molar-refractivity contribution in [1.82, 2.24) is 4.90 Å². The van der Waals surface area contributed by atoms with E-state index in [1.807, 2.05) is 45.9 Å². The van der Waals surface area contributed by atoms with E-state index < -0.39 is 11.9 Å². The summed E-state index contributed by atoms with van der Waals surface area (Å²) in [5.41, 5.74) is 2.81. The number of aliphatic carboxylic acids is 1. The fourth-order valence-electron chi connectivity index (χ4n) is 5.80. The summed E-state index contributed by atoms with van der Waals surface area (Å²) in [4.78, 5) is 40.8. The number of benzene rings is 1. The molecule has 7 nitrogen and oxygen atoms in total. The van der Waals surface area contributed by atoms with Crippen molar-refractivity contribution >= 4 is 17.5 Å². The second-order valence-electron chi connectivity index (χ2n) is 11.1. The second-order valence-corrected chi connectivity index (χ2v) is 11.1. The van der Waals surface area contributed by atoms with E-state index in [4.69, 9.17) is 9.47 Å². The molecule has 0 unspecified atom stereocenters. The fraction of sp³-hybridized carbons (Fsp3) is 0.500. The van der Waals surface area contributed by atoms with Crippen LogP contribution in [0, 0.1) is 10.8 Å². The van der Waals surface area contributed by atoms with E-state index in [9.17, 15) is 19.5 Å². The van der Waals surface area contributed by atoms with Gasteiger partial charge in [0.15, 0.2) is 23.1 Å². The molecule has 7 heteroatoms. The number of ketones is 2. The number of carboxylic acid groups (broad SMARTS) is 1. The minimum Gasteiger partial charge on any atom is -0.480 e. The lowest BCUT2D eigenvalue weighted by atomic mass is 9.63. The van der Waals surface area contributed by atoms with Gasteiger partial charge in [-0.05, 0) is 41.4 Å². The van der Waals surface area contributed by atoms with E-state index >= 15 is 0 Å². The van der Waals surface area contributed by atoms with Crippen LogP contribution >= 0.6 is 0 Å². The molecule has 0 spiro atoms. The maximum Gasteiger partial charge on any atom is 0.323 e. The van der Waals surface area contributed by atoms with E-state index in [-0.39, 0.29) is 35.7 Å². The summed E-state index contributed by atoms with van der Waals surface area (Å²) >= 11 is 0. The average molecular weight is 452 g/mol. The summed E-state index contributed by atoms with van der Waals surface area (Å²) in [6.45, 7) is 7.99. The number of rotatable bonds is 3. The van der Waals surface area contributed by atoms with Crippen LogP contribution in [-0.2, 0) is 14.4 Å². The normalized spacial score (nSPS) is 23.6. The number of hydrogen-bond donors (Lipinski definition) is 1. The SMILES string of the molecule is CC1(C)CC(=O)C2=C(C1)N(CC(=O)O)C1=C(C(=O)CC(C)(C)C1)C2c1ccc2c(c1)OCO2. The van der Waals surface area contributed by atoms with Gasteiger partial charge in [0.2, 0.25) is 6.79 Å². The van der Waals surface area contributed by atoms with Gasteiger partial charge in [0.25, 0.3) is 0 Å². The van der Waals surface area contributed by atoms with Gasteiger partial charge in [0, 0.05) is 41.3 Å². The van der Waals surface area contributed by atoms with Gasteiger partial charge in [0.05, 0.1) is 0 Å². The zero-order chi connectivity index (χ0) is 23.7. The number of ether oxygens (including phenoxy) is 2. The van der Waals surface area contributed by atoms with Crippen molar-refractivity contribution in [1.29, 1.82) is 0 Å². The molecule has 1 N–H and O–H groups in total. The minimum atomic E-state index is -0.984. The van der Waals surface area contributed by atoms with Crippen molar-refractivity contribution in [3.8, 4) is 11.5 Å². The number of carbonyl (C=O) groups is 3. The van der Waals surface area contributed by atoms with Gasteiger partial charge in [0.1, 0.15) is 6.54 Å². The van der Waals surface area contributed by atoms with E-state index in [2.05, 4.69) is 0 Å². The van der Waals surface area contributed by atoms with Crippen molar-refractivity contribution in [2.24, 2.45) is 10.8 Å². The van der Waals surface area contributed by atoms with Crippen LogP contribution in [0.15, 0.2) is 40.7 Å². The molecule has 0 fully saturated rings. The van der Waals surface area contributed by atoms with Gasteiger partial charge in [-0.1, -0.05) is 33.8 Å². The first-order chi connectivity index (χ1) is 15.5. The van der Waals surface area contributed by atoms with Crippen LogP contribution in [0.4, 0.5) is 0 Å². The Labute approximate surface area is 193 Å². The molecule has 1 aromatic rings. The van der Waals surface area contributed by atoms with Gasteiger partial charge >= 0.3 is 5.97 Å². The average Bonchev–Trinajstić information content (AvgIpc) is 3.14. The predicted octanol–water partition coefficient (Wildman–Crippen LogP) is 4.19. The molecule has 2 aliphatic heterocycles. The number of carboxylic acids is 1. The molecule has 0 amide bonds. The van der Waals surface area contributed by atoms with E-state index in [0.29, 0.717) is 48.3 Å². The lowest BCUT2D eigenvalue weighted by Crippen LogP contribution is -2.45. The summed E-state index contributed by atoms with van der Waals surface area (Å²) in [6.07, 6.45) is 1.87. The third-order valence-electron chi connectivity index (χ3n) is 7.05. The molecule has 0 saturated heterocycles. The van der Waals surface area contributed by atoms with Gasteiger partial charge in [-0.25, -0.2) is 0 Å². The maximum absolute atomic E-state index is 13.6. The Balaban J connectivity index is 1.76. The van der Waals surface area contributed by atoms with Crippen molar-refractivity contribution in [2.75, 3.05) is 13.3 Å². The van der Waals surface area contributed by atoms with Crippen LogP contribution in [0.5, 0.6) is 11.5 Å². The largest absolute Gasteiger partial charge is 0.480 e. The lowest BCUT2D eigenvalue weighted by molar-refractivity contribution is -0.138. The Morgan fingerprint density at radius 1 is 0.939 bits per heavy atom. The standard InChI is InChI=1S/C26H29NO6/c1-25(2)8-15-23(17(28)10-25)22(14-5-6-19-20(7-14)33-13-32-19)24-16(27(15)12-21(30)31)9-26(3,4)11-18(24)29/h5-7,22H,8-13H2,1-4H3,(H,30,31). The highest BCUT2D eigenvalue weighted by atomic mass is 16.7. The van der Waals surface area contributed by atoms with Gasteiger partial charge < -0.3 is 19.5 Å². The number of allylic oxidation sites excluding steroid dienone is 4. The molecule has 0 radical (unpaired) electrons. The van der Waals surface area contributed by atoms with Crippen LogP contribution in [0.3, 0.4) is 0 Å². The zero-order valence-electron chi connectivity index (χ0n) is 19.5. The summed E-state index contributed by atoms with van der Waals surface area (Å²) in [7, 11) is 0. The molecule has 33 heavy (non-hydrogen) atoms. The molecular formula is C26H29NO6. The summed E-state index contributed by atoms with van der Waals surface area (Å²) in [6, 6.07) is 5.56. The summed E-state index contributed by atoms with van der Waals surface area (Å²) < 4.78 is 11.0. The van der Waals surface area contributed by atoms with Gasteiger partial charge in [-0.15, -0.1) is 0 Å². The number of fused-ring (bicyclic) bond motifs is 1. The first-order valence-corrected chi connectivity index (χ1v) is 11.4. The van der Waals surface area contributed by atoms with E-state index in [1.165, 1.54) is 0 Å². The van der Waals surface area contributed by atoms with Crippen LogP contribution in [0.1, 0.15) is 64.9 Å². The smallest absolute Gasteiger partial charge is 0.323 e. The Bertz CT molecular complexity index is 1100. The summed E-state index contributed by atoms with van der Waals surface area (Å²) in [5, 5.41) is 9.74. The number of nitrogens with zero attached hydrogens (tertiary/aromatic N) is 1. The molecule has 0 aromatic heterocycles. The maximum atomic E-state index is 13.6. The molecule has 5 rings (SSSR count). The lowest BCUT2D eigenvalue weighted by Gasteiger charge is -2.48.